The monoisotopic (exact) mass is 428 g/mol. The van der Waals surface area contributed by atoms with E-state index in [4.69, 9.17) is 9.47 Å². The Morgan fingerprint density at radius 2 is 2.00 bits per heavy atom. The smallest absolute Gasteiger partial charge is 0.320 e. The molecule has 0 spiro atoms. The molecule has 2 aromatic rings. The molecule has 0 unspecified atom stereocenters. The average molecular weight is 428 g/mol. The molecule has 2 fully saturated rings. The summed E-state index contributed by atoms with van der Waals surface area (Å²) in [7, 11) is 1.40. The van der Waals surface area contributed by atoms with Gasteiger partial charge in [0, 0.05) is 13.1 Å². The zero-order valence-electron chi connectivity index (χ0n) is 18.1. The number of ether oxygens (including phenoxy) is 2. The molecular weight excluding hydrogens is 400 g/mol. The molecule has 3 heterocycles. The van der Waals surface area contributed by atoms with Gasteiger partial charge in [-0.3, -0.25) is 4.79 Å². The Morgan fingerprint density at radius 1 is 1.19 bits per heavy atom. The van der Waals surface area contributed by atoms with E-state index in [1.807, 2.05) is 43.0 Å². The van der Waals surface area contributed by atoms with Gasteiger partial charge >= 0.3 is 12.0 Å². The molecule has 166 valence electrons. The van der Waals surface area contributed by atoms with Crippen LogP contribution in [0.4, 0.5) is 4.79 Å². The Balaban J connectivity index is 1.26. The van der Waals surface area contributed by atoms with Crippen molar-refractivity contribution < 1.29 is 19.1 Å². The SMILES string of the molecule is COC(=O)C(C)(C)Cc1cccc(OC2CN(C(=O)N3CC[C@@H](n4cnnn4)C3)C2)c1. The van der Waals surface area contributed by atoms with Gasteiger partial charge in [-0.25, -0.2) is 9.48 Å². The summed E-state index contributed by atoms with van der Waals surface area (Å²) in [6.07, 6.45) is 2.96. The van der Waals surface area contributed by atoms with Crippen LogP contribution in [0.5, 0.6) is 5.75 Å². The van der Waals surface area contributed by atoms with E-state index in [0.717, 1.165) is 17.7 Å². The molecule has 10 heteroatoms. The maximum atomic E-state index is 12.7. The lowest BCUT2D eigenvalue weighted by Crippen LogP contribution is -2.59. The Hall–Kier alpha value is -3.17. The standard InChI is InChI=1S/C21H28N6O4/c1-21(2,19(28)30-3)10-15-5-4-6-17(9-15)31-18-12-26(13-18)20(29)25-8-7-16(11-25)27-14-22-23-24-27/h4-6,9,14,16,18H,7-8,10-13H2,1-3H3/t16-/m1/s1. The zero-order valence-corrected chi connectivity index (χ0v) is 18.1. The maximum absolute atomic E-state index is 12.7. The number of carbonyl (C=O) groups is 2. The summed E-state index contributed by atoms with van der Waals surface area (Å²) in [4.78, 5) is 28.3. The number of likely N-dealkylation sites (tertiary alicyclic amines) is 2. The Morgan fingerprint density at radius 3 is 2.71 bits per heavy atom. The van der Waals surface area contributed by atoms with Crippen LogP contribution in [0.15, 0.2) is 30.6 Å². The van der Waals surface area contributed by atoms with Crippen LogP contribution in [0, 0.1) is 5.41 Å². The van der Waals surface area contributed by atoms with E-state index < -0.39 is 5.41 Å². The molecule has 1 aromatic carbocycles. The Bertz CT molecular complexity index is 926. The first-order valence-corrected chi connectivity index (χ1v) is 10.5. The lowest BCUT2D eigenvalue weighted by atomic mass is 9.86. The van der Waals surface area contributed by atoms with Gasteiger partial charge in [-0.1, -0.05) is 12.1 Å². The van der Waals surface area contributed by atoms with E-state index in [2.05, 4.69) is 15.5 Å². The highest BCUT2D eigenvalue weighted by Gasteiger charge is 2.38. The Labute approximate surface area is 181 Å². The molecule has 0 aliphatic carbocycles. The van der Waals surface area contributed by atoms with Gasteiger partial charge in [-0.15, -0.1) is 5.10 Å². The minimum absolute atomic E-state index is 0.0315. The van der Waals surface area contributed by atoms with Crippen molar-refractivity contribution in [2.75, 3.05) is 33.3 Å². The fraction of sp³-hybridized carbons (Fsp3) is 0.571. The number of hydrogen-bond donors (Lipinski definition) is 0. The summed E-state index contributed by atoms with van der Waals surface area (Å²) in [5.74, 6) is 0.506. The zero-order chi connectivity index (χ0) is 22.0. The summed E-state index contributed by atoms with van der Waals surface area (Å²) in [5, 5.41) is 11.3. The van der Waals surface area contributed by atoms with Gasteiger partial charge in [0.05, 0.1) is 31.7 Å². The van der Waals surface area contributed by atoms with Crippen LogP contribution >= 0.6 is 0 Å². The van der Waals surface area contributed by atoms with Gasteiger partial charge in [0.15, 0.2) is 0 Å². The van der Waals surface area contributed by atoms with Gasteiger partial charge in [0.2, 0.25) is 0 Å². The van der Waals surface area contributed by atoms with Crippen molar-refractivity contribution in [2.24, 2.45) is 5.41 Å². The number of methoxy groups -OCH3 is 1. The number of urea groups is 1. The highest BCUT2D eigenvalue weighted by Crippen LogP contribution is 2.27. The molecule has 0 radical (unpaired) electrons. The van der Waals surface area contributed by atoms with Gasteiger partial charge in [-0.2, -0.15) is 0 Å². The molecule has 0 saturated carbocycles. The highest BCUT2D eigenvalue weighted by molar-refractivity contribution is 5.76. The molecule has 2 aliphatic rings. The van der Waals surface area contributed by atoms with E-state index >= 15 is 0 Å². The van der Waals surface area contributed by atoms with Crippen LogP contribution in [0.1, 0.15) is 31.9 Å². The molecule has 2 aliphatic heterocycles. The number of carbonyl (C=O) groups excluding carboxylic acids is 2. The maximum Gasteiger partial charge on any atom is 0.320 e. The fourth-order valence-electron chi connectivity index (χ4n) is 4.12. The summed E-state index contributed by atoms with van der Waals surface area (Å²) in [5.41, 5.74) is 0.397. The number of amides is 2. The number of benzene rings is 1. The van der Waals surface area contributed by atoms with Crippen molar-refractivity contribution in [1.29, 1.82) is 0 Å². The van der Waals surface area contributed by atoms with E-state index in [1.54, 1.807) is 15.9 Å². The van der Waals surface area contributed by atoms with Crippen molar-refractivity contribution >= 4 is 12.0 Å². The van der Waals surface area contributed by atoms with Crippen molar-refractivity contribution in [2.45, 2.75) is 38.8 Å². The minimum Gasteiger partial charge on any atom is -0.487 e. The quantitative estimate of drug-likeness (QED) is 0.643. The van der Waals surface area contributed by atoms with E-state index in [-0.39, 0.29) is 24.1 Å². The predicted octanol–water partition coefficient (Wildman–Crippen LogP) is 1.54. The predicted molar refractivity (Wildman–Crippen MR) is 110 cm³/mol. The summed E-state index contributed by atoms with van der Waals surface area (Å²) in [6, 6.07) is 7.90. The highest BCUT2D eigenvalue weighted by atomic mass is 16.5. The lowest BCUT2D eigenvalue weighted by Gasteiger charge is -2.40. The lowest BCUT2D eigenvalue weighted by molar-refractivity contribution is -0.150. The van der Waals surface area contributed by atoms with Crippen molar-refractivity contribution in [3.8, 4) is 5.75 Å². The summed E-state index contributed by atoms with van der Waals surface area (Å²) >= 11 is 0. The third-order valence-corrected chi connectivity index (χ3v) is 5.88. The molecule has 1 aromatic heterocycles. The van der Waals surface area contributed by atoms with Crippen molar-refractivity contribution in [3.05, 3.63) is 36.2 Å². The van der Waals surface area contributed by atoms with Crippen molar-refractivity contribution in [3.63, 3.8) is 0 Å². The molecule has 31 heavy (non-hydrogen) atoms. The van der Waals surface area contributed by atoms with Crippen LogP contribution in [0.25, 0.3) is 0 Å². The number of hydrogen-bond acceptors (Lipinski definition) is 7. The van der Waals surface area contributed by atoms with Crippen LogP contribution in [-0.2, 0) is 16.0 Å². The molecule has 0 bridgehead atoms. The molecule has 1 atom stereocenters. The molecule has 0 N–H and O–H groups in total. The third-order valence-electron chi connectivity index (χ3n) is 5.88. The summed E-state index contributed by atoms with van der Waals surface area (Å²) < 4.78 is 12.7. The normalized spacial score (nSPS) is 19.3. The number of rotatable bonds is 6. The van der Waals surface area contributed by atoms with E-state index in [0.29, 0.717) is 32.6 Å². The topological polar surface area (TPSA) is 103 Å². The number of aromatic nitrogens is 4. The summed E-state index contributed by atoms with van der Waals surface area (Å²) in [6.45, 7) is 6.16. The Kier molecular flexibility index (Phi) is 5.79. The van der Waals surface area contributed by atoms with Gasteiger partial charge < -0.3 is 19.3 Å². The largest absolute Gasteiger partial charge is 0.487 e. The van der Waals surface area contributed by atoms with Gasteiger partial charge in [-0.05, 0) is 54.8 Å². The molecular formula is C21H28N6O4. The second-order valence-corrected chi connectivity index (χ2v) is 8.81. The van der Waals surface area contributed by atoms with Gasteiger partial charge in [0.25, 0.3) is 0 Å². The van der Waals surface area contributed by atoms with E-state index in [9.17, 15) is 9.59 Å². The van der Waals surface area contributed by atoms with Crippen LogP contribution < -0.4 is 4.74 Å². The minimum atomic E-state index is -0.608. The number of esters is 1. The number of nitrogens with zero attached hydrogens (tertiary/aromatic N) is 6. The molecule has 4 rings (SSSR count). The van der Waals surface area contributed by atoms with Crippen LogP contribution in [0.3, 0.4) is 0 Å². The van der Waals surface area contributed by atoms with Gasteiger partial charge in [0.1, 0.15) is 18.2 Å². The first kappa shape index (κ1) is 21.1. The second-order valence-electron chi connectivity index (χ2n) is 8.81. The van der Waals surface area contributed by atoms with Crippen molar-refractivity contribution in [1.82, 2.24) is 30.0 Å². The first-order chi connectivity index (χ1) is 14.9. The third kappa shape index (κ3) is 4.62. The van der Waals surface area contributed by atoms with Crippen LogP contribution in [-0.4, -0.2) is 81.4 Å². The molecule has 2 amide bonds. The fourth-order valence-corrected chi connectivity index (χ4v) is 4.12. The molecule has 10 nitrogen and oxygen atoms in total. The first-order valence-electron chi connectivity index (χ1n) is 10.5. The average Bonchev–Trinajstić information content (AvgIpc) is 3.40. The second kappa shape index (κ2) is 8.52. The van der Waals surface area contributed by atoms with E-state index in [1.165, 1.54) is 7.11 Å². The number of tetrazole rings is 1. The molecule has 2 saturated heterocycles. The van der Waals surface area contributed by atoms with Crippen LogP contribution in [0.2, 0.25) is 0 Å².